The standard InChI is InChI=1S/C13H19N3O3S/c1-16-4-3-11(8-16)15-13(17)9-5-10(14)7-12(6-9)20(2,18)19/h5-7,11H,3-4,8,14H2,1-2H3,(H,15,17). The molecule has 2 rings (SSSR count). The van der Waals surface area contributed by atoms with Gasteiger partial charge in [0.15, 0.2) is 9.84 Å². The molecule has 1 aromatic carbocycles. The first kappa shape index (κ1) is 14.8. The third kappa shape index (κ3) is 3.49. The van der Waals surface area contributed by atoms with E-state index in [9.17, 15) is 13.2 Å². The predicted octanol–water partition coefficient (Wildman–Crippen LogP) is 0.106. The Hall–Kier alpha value is -1.60. The zero-order valence-corrected chi connectivity index (χ0v) is 12.4. The molecule has 6 nitrogen and oxygen atoms in total. The molecule has 0 spiro atoms. The minimum atomic E-state index is -3.39. The lowest BCUT2D eigenvalue weighted by atomic mass is 10.1. The fourth-order valence-electron chi connectivity index (χ4n) is 2.29. The molecule has 0 aliphatic carbocycles. The number of sulfone groups is 1. The van der Waals surface area contributed by atoms with Crippen LogP contribution in [0, 0.1) is 0 Å². The van der Waals surface area contributed by atoms with Gasteiger partial charge in [-0.2, -0.15) is 0 Å². The Bertz CT molecular complexity index is 628. The molecule has 0 aromatic heterocycles. The van der Waals surface area contributed by atoms with E-state index in [1.54, 1.807) is 0 Å². The second-order valence-electron chi connectivity index (χ2n) is 5.28. The van der Waals surface area contributed by atoms with Gasteiger partial charge in [0.25, 0.3) is 5.91 Å². The number of nitrogen functional groups attached to an aromatic ring is 1. The van der Waals surface area contributed by atoms with Crippen LogP contribution in [0.15, 0.2) is 23.1 Å². The fraction of sp³-hybridized carbons (Fsp3) is 0.462. The van der Waals surface area contributed by atoms with Gasteiger partial charge in [-0.15, -0.1) is 0 Å². The van der Waals surface area contributed by atoms with E-state index < -0.39 is 9.84 Å². The van der Waals surface area contributed by atoms with Gasteiger partial charge in [0.05, 0.1) is 4.90 Å². The lowest BCUT2D eigenvalue weighted by Crippen LogP contribution is -2.36. The lowest BCUT2D eigenvalue weighted by molar-refractivity contribution is 0.0938. The van der Waals surface area contributed by atoms with Gasteiger partial charge >= 0.3 is 0 Å². The van der Waals surface area contributed by atoms with E-state index in [4.69, 9.17) is 5.73 Å². The minimum absolute atomic E-state index is 0.0613. The Morgan fingerprint density at radius 1 is 1.40 bits per heavy atom. The first-order chi connectivity index (χ1) is 9.25. The first-order valence-electron chi connectivity index (χ1n) is 6.36. The summed E-state index contributed by atoms with van der Waals surface area (Å²) >= 11 is 0. The van der Waals surface area contributed by atoms with Crippen LogP contribution < -0.4 is 11.1 Å². The van der Waals surface area contributed by atoms with E-state index in [-0.39, 0.29) is 28.1 Å². The van der Waals surface area contributed by atoms with Crippen molar-refractivity contribution in [3.8, 4) is 0 Å². The molecular weight excluding hydrogens is 278 g/mol. The Balaban J connectivity index is 2.20. The molecule has 0 saturated carbocycles. The third-order valence-electron chi connectivity index (χ3n) is 3.35. The van der Waals surface area contributed by atoms with E-state index in [2.05, 4.69) is 10.2 Å². The maximum atomic E-state index is 12.2. The SMILES string of the molecule is CN1CCC(NC(=O)c2cc(N)cc(S(C)(=O)=O)c2)C1. The second kappa shape index (κ2) is 5.41. The lowest BCUT2D eigenvalue weighted by Gasteiger charge is -2.13. The average molecular weight is 297 g/mol. The summed E-state index contributed by atoms with van der Waals surface area (Å²) in [7, 11) is -1.39. The highest BCUT2D eigenvalue weighted by molar-refractivity contribution is 7.90. The summed E-state index contributed by atoms with van der Waals surface area (Å²) in [6, 6.07) is 4.30. The molecule has 110 valence electrons. The highest BCUT2D eigenvalue weighted by atomic mass is 32.2. The van der Waals surface area contributed by atoms with Crippen LogP contribution in [-0.4, -0.2) is 51.7 Å². The minimum Gasteiger partial charge on any atom is -0.399 e. The molecule has 0 bridgehead atoms. The second-order valence-corrected chi connectivity index (χ2v) is 7.30. The number of carbonyl (C=O) groups excluding carboxylic acids is 1. The Labute approximate surface area is 118 Å². The van der Waals surface area contributed by atoms with Gasteiger partial charge in [0.2, 0.25) is 0 Å². The maximum Gasteiger partial charge on any atom is 0.251 e. The fourth-order valence-corrected chi connectivity index (χ4v) is 2.98. The van der Waals surface area contributed by atoms with Crippen LogP contribution in [0.2, 0.25) is 0 Å². The van der Waals surface area contributed by atoms with Crippen molar-refractivity contribution >= 4 is 21.4 Å². The number of anilines is 1. The van der Waals surface area contributed by atoms with Crippen LogP contribution in [0.3, 0.4) is 0 Å². The van der Waals surface area contributed by atoms with Crippen molar-refractivity contribution in [2.24, 2.45) is 0 Å². The van der Waals surface area contributed by atoms with Crippen molar-refractivity contribution in [1.82, 2.24) is 10.2 Å². The predicted molar refractivity (Wildman–Crippen MR) is 77.3 cm³/mol. The number of amides is 1. The Kier molecular flexibility index (Phi) is 4.01. The van der Waals surface area contributed by atoms with Gasteiger partial charge in [-0.25, -0.2) is 8.42 Å². The van der Waals surface area contributed by atoms with Gasteiger partial charge in [0.1, 0.15) is 0 Å². The van der Waals surface area contributed by atoms with E-state index in [0.717, 1.165) is 25.8 Å². The summed E-state index contributed by atoms with van der Waals surface area (Å²) in [6.07, 6.45) is 1.98. The Morgan fingerprint density at radius 2 is 2.10 bits per heavy atom. The molecular formula is C13H19N3O3S. The van der Waals surface area contributed by atoms with Gasteiger partial charge < -0.3 is 16.0 Å². The van der Waals surface area contributed by atoms with Gasteiger partial charge in [-0.1, -0.05) is 0 Å². The van der Waals surface area contributed by atoms with Crippen LogP contribution in [0.5, 0.6) is 0 Å². The smallest absolute Gasteiger partial charge is 0.251 e. The van der Waals surface area contributed by atoms with Crippen molar-refractivity contribution in [3.05, 3.63) is 23.8 Å². The Morgan fingerprint density at radius 3 is 2.65 bits per heavy atom. The molecule has 1 aliphatic heterocycles. The maximum absolute atomic E-state index is 12.2. The molecule has 7 heteroatoms. The van der Waals surface area contributed by atoms with Crippen molar-refractivity contribution < 1.29 is 13.2 Å². The number of nitrogens with two attached hydrogens (primary N) is 1. The number of hydrogen-bond acceptors (Lipinski definition) is 5. The van der Waals surface area contributed by atoms with E-state index in [0.29, 0.717) is 0 Å². The van der Waals surface area contributed by atoms with Gasteiger partial charge in [0, 0.05) is 30.1 Å². The average Bonchev–Trinajstić information content (AvgIpc) is 2.72. The van der Waals surface area contributed by atoms with Crippen LogP contribution in [0.1, 0.15) is 16.8 Å². The summed E-state index contributed by atoms with van der Waals surface area (Å²) in [6.45, 7) is 1.74. The quantitative estimate of drug-likeness (QED) is 0.772. The summed E-state index contributed by atoms with van der Waals surface area (Å²) in [5.41, 5.74) is 6.21. The summed E-state index contributed by atoms with van der Waals surface area (Å²) in [4.78, 5) is 14.4. The normalized spacial score (nSPS) is 20.0. The molecule has 1 aromatic rings. The molecule has 1 aliphatic rings. The van der Waals surface area contributed by atoms with Crippen LogP contribution in [0.25, 0.3) is 0 Å². The number of likely N-dealkylation sites (N-methyl/N-ethyl adjacent to an activating group) is 1. The topological polar surface area (TPSA) is 92.5 Å². The summed E-state index contributed by atoms with van der Waals surface area (Å²) < 4.78 is 23.1. The van der Waals surface area contributed by atoms with Gasteiger partial charge in [-0.3, -0.25) is 4.79 Å². The van der Waals surface area contributed by atoms with Crippen molar-refractivity contribution in [3.63, 3.8) is 0 Å². The number of nitrogens with zero attached hydrogens (tertiary/aromatic N) is 1. The number of rotatable bonds is 3. The highest BCUT2D eigenvalue weighted by Crippen LogP contribution is 2.17. The molecule has 3 N–H and O–H groups in total. The van der Waals surface area contributed by atoms with Crippen molar-refractivity contribution in [2.45, 2.75) is 17.4 Å². The van der Waals surface area contributed by atoms with E-state index >= 15 is 0 Å². The zero-order valence-electron chi connectivity index (χ0n) is 11.6. The molecule has 1 unspecified atom stereocenters. The molecule has 0 radical (unpaired) electrons. The molecule has 1 saturated heterocycles. The number of likely N-dealkylation sites (tertiary alicyclic amines) is 1. The van der Waals surface area contributed by atoms with Crippen LogP contribution >= 0.6 is 0 Å². The molecule has 1 heterocycles. The summed E-state index contributed by atoms with van der Waals surface area (Å²) in [5.74, 6) is -0.289. The van der Waals surface area contributed by atoms with Gasteiger partial charge in [-0.05, 0) is 38.2 Å². The monoisotopic (exact) mass is 297 g/mol. The van der Waals surface area contributed by atoms with E-state index in [1.807, 2.05) is 7.05 Å². The largest absolute Gasteiger partial charge is 0.399 e. The zero-order chi connectivity index (χ0) is 14.9. The number of nitrogens with one attached hydrogen (secondary N) is 1. The molecule has 1 fully saturated rings. The van der Waals surface area contributed by atoms with Crippen LogP contribution in [-0.2, 0) is 9.84 Å². The van der Waals surface area contributed by atoms with E-state index in [1.165, 1.54) is 18.2 Å². The number of carbonyl (C=O) groups is 1. The highest BCUT2D eigenvalue weighted by Gasteiger charge is 2.22. The molecule has 1 amide bonds. The third-order valence-corrected chi connectivity index (χ3v) is 4.44. The van der Waals surface area contributed by atoms with Crippen LogP contribution in [0.4, 0.5) is 5.69 Å². The summed E-state index contributed by atoms with van der Waals surface area (Å²) in [5, 5.41) is 2.90. The molecule has 1 atom stereocenters. The number of benzene rings is 1. The first-order valence-corrected chi connectivity index (χ1v) is 8.25. The van der Waals surface area contributed by atoms with Crippen molar-refractivity contribution in [1.29, 1.82) is 0 Å². The molecule has 20 heavy (non-hydrogen) atoms. The van der Waals surface area contributed by atoms with Crippen molar-refractivity contribution in [2.75, 3.05) is 32.1 Å². The number of hydrogen-bond donors (Lipinski definition) is 2.